The molecule has 3 nitrogen and oxygen atoms in total. The normalized spacial score (nSPS) is 16.6. The van der Waals surface area contributed by atoms with Crippen molar-refractivity contribution in [2.75, 3.05) is 33.3 Å². The van der Waals surface area contributed by atoms with E-state index in [0.717, 1.165) is 32.2 Å². The SMILES string of the molecule is CC(C)OCCCNCCN(C)C1CC1. The van der Waals surface area contributed by atoms with Crippen LogP contribution in [0.2, 0.25) is 0 Å². The van der Waals surface area contributed by atoms with Crippen molar-refractivity contribution in [1.29, 1.82) is 0 Å². The number of rotatable bonds is 9. The topological polar surface area (TPSA) is 24.5 Å². The Kier molecular flexibility index (Phi) is 6.22. The highest BCUT2D eigenvalue weighted by Gasteiger charge is 2.25. The van der Waals surface area contributed by atoms with Crippen molar-refractivity contribution in [3.8, 4) is 0 Å². The third-order valence-electron chi connectivity index (χ3n) is 2.76. The molecule has 1 fully saturated rings. The monoisotopic (exact) mass is 214 g/mol. The van der Waals surface area contributed by atoms with Gasteiger partial charge in [-0.15, -0.1) is 0 Å². The van der Waals surface area contributed by atoms with E-state index < -0.39 is 0 Å². The van der Waals surface area contributed by atoms with Crippen LogP contribution in [0.5, 0.6) is 0 Å². The third kappa shape index (κ3) is 6.88. The van der Waals surface area contributed by atoms with Gasteiger partial charge in [0.1, 0.15) is 0 Å². The van der Waals surface area contributed by atoms with Crippen LogP contribution in [0.15, 0.2) is 0 Å². The predicted molar refractivity (Wildman–Crippen MR) is 64.2 cm³/mol. The van der Waals surface area contributed by atoms with Crippen molar-refractivity contribution in [2.45, 2.75) is 45.3 Å². The van der Waals surface area contributed by atoms with Gasteiger partial charge in [0.2, 0.25) is 0 Å². The Labute approximate surface area is 94.2 Å². The molecule has 1 rings (SSSR count). The number of ether oxygens (including phenoxy) is 1. The van der Waals surface area contributed by atoms with Crippen molar-refractivity contribution >= 4 is 0 Å². The van der Waals surface area contributed by atoms with Gasteiger partial charge in [-0.05, 0) is 46.7 Å². The largest absolute Gasteiger partial charge is 0.379 e. The summed E-state index contributed by atoms with van der Waals surface area (Å²) >= 11 is 0. The standard InChI is InChI=1S/C12H26N2O/c1-11(2)15-10-4-7-13-8-9-14(3)12-5-6-12/h11-13H,4-10H2,1-3H3. The van der Waals surface area contributed by atoms with E-state index in [1.807, 2.05) is 0 Å². The molecule has 0 amide bonds. The average molecular weight is 214 g/mol. The number of hydrogen-bond donors (Lipinski definition) is 1. The number of hydrogen-bond acceptors (Lipinski definition) is 3. The van der Waals surface area contributed by atoms with Gasteiger partial charge >= 0.3 is 0 Å². The van der Waals surface area contributed by atoms with Crippen LogP contribution in [0.4, 0.5) is 0 Å². The molecule has 0 radical (unpaired) electrons. The summed E-state index contributed by atoms with van der Waals surface area (Å²) in [5.74, 6) is 0. The van der Waals surface area contributed by atoms with Crippen LogP contribution in [-0.2, 0) is 4.74 Å². The lowest BCUT2D eigenvalue weighted by Gasteiger charge is -2.15. The van der Waals surface area contributed by atoms with Crippen LogP contribution >= 0.6 is 0 Å². The molecule has 15 heavy (non-hydrogen) atoms. The summed E-state index contributed by atoms with van der Waals surface area (Å²) in [5, 5.41) is 3.45. The van der Waals surface area contributed by atoms with E-state index in [1.165, 1.54) is 19.4 Å². The summed E-state index contributed by atoms with van der Waals surface area (Å²) in [7, 11) is 2.22. The Morgan fingerprint density at radius 1 is 1.33 bits per heavy atom. The predicted octanol–water partition coefficient (Wildman–Crippen LogP) is 1.49. The quantitative estimate of drug-likeness (QED) is 0.589. The maximum absolute atomic E-state index is 5.47. The molecule has 0 bridgehead atoms. The van der Waals surface area contributed by atoms with Crippen LogP contribution in [-0.4, -0.2) is 50.3 Å². The average Bonchev–Trinajstić information content (AvgIpc) is 2.98. The molecule has 0 aromatic carbocycles. The summed E-state index contributed by atoms with van der Waals surface area (Å²) in [4.78, 5) is 2.46. The molecule has 1 N–H and O–H groups in total. The first-order chi connectivity index (χ1) is 7.20. The van der Waals surface area contributed by atoms with Gasteiger partial charge in [-0.25, -0.2) is 0 Å². The molecule has 1 aliphatic rings. The van der Waals surface area contributed by atoms with E-state index in [2.05, 4.69) is 31.1 Å². The van der Waals surface area contributed by atoms with Crippen molar-refractivity contribution in [2.24, 2.45) is 0 Å². The number of nitrogens with zero attached hydrogens (tertiary/aromatic N) is 1. The summed E-state index contributed by atoms with van der Waals surface area (Å²) in [6.45, 7) is 8.40. The van der Waals surface area contributed by atoms with Gasteiger partial charge in [-0.1, -0.05) is 0 Å². The molecule has 1 aliphatic carbocycles. The molecule has 0 aromatic heterocycles. The fourth-order valence-corrected chi connectivity index (χ4v) is 1.59. The Morgan fingerprint density at radius 2 is 2.07 bits per heavy atom. The fraction of sp³-hybridized carbons (Fsp3) is 1.00. The zero-order valence-electron chi connectivity index (χ0n) is 10.5. The minimum Gasteiger partial charge on any atom is -0.379 e. The van der Waals surface area contributed by atoms with E-state index >= 15 is 0 Å². The van der Waals surface area contributed by atoms with Crippen LogP contribution < -0.4 is 5.32 Å². The molecular formula is C12H26N2O. The second kappa shape index (κ2) is 7.20. The van der Waals surface area contributed by atoms with Gasteiger partial charge in [0.15, 0.2) is 0 Å². The van der Waals surface area contributed by atoms with Gasteiger partial charge in [0.25, 0.3) is 0 Å². The van der Waals surface area contributed by atoms with Crippen molar-refractivity contribution < 1.29 is 4.74 Å². The molecule has 0 saturated heterocycles. The first-order valence-corrected chi connectivity index (χ1v) is 6.22. The minimum absolute atomic E-state index is 0.367. The Balaban J connectivity index is 1.76. The Morgan fingerprint density at radius 3 is 2.67 bits per heavy atom. The number of nitrogens with one attached hydrogen (secondary N) is 1. The number of likely N-dealkylation sites (N-methyl/N-ethyl adjacent to an activating group) is 1. The molecule has 1 saturated carbocycles. The summed E-state index contributed by atoms with van der Waals surface area (Å²) < 4.78 is 5.47. The van der Waals surface area contributed by atoms with Crippen LogP contribution in [0.3, 0.4) is 0 Å². The highest BCUT2D eigenvalue weighted by Crippen LogP contribution is 2.24. The smallest absolute Gasteiger partial charge is 0.0518 e. The molecule has 0 aromatic rings. The van der Waals surface area contributed by atoms with E-state index in [1.54, 1.807) is 0 Å². The maximum Gasteiger partial charge on any atom is 0.0518 e. The van der Waals surface area contributed by atoms with Gasteiger partial charge in [0, 0.05) is 25.7 Å². The maximum atomic E-state index is 5.47. The highest BCUT2D eigenvalue weighted by atomic mass is 16.5. The molecule has 0 unspecified atom stereocenters. The van der Waals surface area contributed by atoms with E-state index in [4.69, 9.17) is 4.74 Å². The van der Waals surface area contributed by atoms with Gasteiger partial charge in [-0.2, -0.15) is 0 Å². The van der Waals surface area contributed by atoms with Crippen LogP contribution in [0, 0.1) is 0 Å². The molecule has 90 valence electrons. The van der Waals surface area contributed by atoms with E-state index in [0.29, 0.717) is 6.10 Å². The molecular weight excluding hydrogens is 188 g/mol. The van der Waals surface area contributed by atoms with Crippen molar-refractivity contribution in [3.05, 3.63) is 0 Å². The zero-order valence-corrected chi connectivity index (χ0v) is 10.5. The fourth-order valence-electron chi connectivity index (χ4n) is 1.59. The lowest BCUT2D eigenvalue weighted by atomic mass is 10.4. The lowest BCUT2D eigenvalue weighted by Crippen LogP contribution is -2.31. The van der Waals surface area contributed by atoms with Crippen molar-refractivity contribution in [3.63, 3.8) is 0 Å². The molecule has 0 aliphatic heterocycles. The zero-order chi connectivity index (χ0) is 11.1. The minimum atomic E-state index is 0.367. The highest BCUT2D eigenvalue weighted by molar-refractivity contribution is 4.82. The second-order valence-electron chi connectivity index (χ2n) is 4.73. The molecule has 0 heterocycles. The Bertz CT molecular complexity index is 158. The molecule has 3 heteroatoms. The summed E-state index contributed by atoms with van der Waals surface area (Å²) in [5.41, 5.74) is 0. The first-order valence-electron chi connectivity index (χ1n) is 6.22. The third-order valence-corrected chi connectivity index (χ3v) is 2.76. The summed E-state index contributed by atoms with van der Waals surface area (Å²) in [6.07, 6.45) is 4.29. The molecule has 0 spiro atoms. The summed E-state index contributed by atoms with van der Waals surface area (Å²) in [6, 6.07) is 0.885. The van der Waals surface area contributed by atoms with Gasteiger partial charge in [0.05, 0.1) is 6.10 Å². The van der Waals surface area contributed by atoms with Crippen LogP contribution in [0.1, 0.15) is 33.1 Å². The molecule has 0 atom stereocenters. The first kappa shape index (κ1) is 12.9. The van der Waals surface area contributed by atoms with E-state index in [9.17, 15) is 0 Å². The lowest BCUT2D eigenvalue weighted by molar-refractivity contribution is 0.0770. The van der Waals surface area contributed by atoms with Gasteiger partial charge < -0.3 is 15.0 Å². The Hall–Kier alpha value is -0.120. The van der Waals surface area contributed by atoms with E-state index in [-0.39, 0.29) is 0 Å². The second-order valence-corrected chi connectivity index (χ2v) is 4.73. The van der Waals surface area contributed by atoms with Crippen molar-refractivity contribution in [1.82, 2.24) is 10.2 Å². The van der Waals surface area contributed by atoms with Crippen LogP contribution in [0.25, 0.3) is 0 Å². The van der Waals surface area contributed by atoms with Gasteiger partial charge in [-0.3, -0.25) is 0 Å².